The number of fused-ring (bicyclic) bond motifs is 5. The highest BCUT2D eigenvalue weighted by Gasteiger charge is 2.50. The van der Waals surface area contributed by atoms with Gasteiger partial charge in [-0.3, -0.25) is 9.80 Å². The zero-order chi connectivity index (χ0) is 36.5. The number of ether oxygens (including phenoxy) is 2. The molecule has 3 aromatic carbocycles. The Balaban J connectivity index is 1.24. The molecule has 4 fully saturated rings. The summed E-state index contributed by atoms with van der Waals surface area (Å²) in [6.07, 6.45) is 10.4. The molecule has 4 aliphatic rings. The first-order valence-corrected chi connectivity index (χ1v) is 18.1. The van der Waals surface area contributed by atoms with E-state index in [9.17, 15) is 14.3 Å². The van der Waals surface area contributed by atoms with Gasteiger partial charge in [-0.1, -0.05) is 30.2 Å². The fraction of sp³-hybridized carbons (Fsp3) is 0.475. The molecule has 2 bridgehead atoms. The Labute approximate surface area is 300 Å². The number of benzene rings is 3. The number of aliphatic hydroxyl groups is 1. The van der Waals surface area contributed by atoms with E-state index < -0.39 is 23.1 Å². The van der Waals surface area contributed by atoms with E-state index >= 15 is 8.78 Å². The Bertz CT molecular complexity index is 2120. The Hall–Kier alpha value is -4.60. The summed E-state index contributed by atoms with van der Waals surface area (Å²) in [6, 6.07) is 8.49. The molecule has 8 rings (SSSR count). The minimum Gasteiger partial charge on any atom is -0.461 e. The molecule has 9 nitrogen and oxygen atoms in total. The second kappa shape index (κ2) is 12.8. The van der Waals surface area contributed by atoms with Gasteiger partial charge in [-0.2, -0.15) is 9.97 Å². The summed E-state index contributed by atoms with van der Waals surface area (Å²) in [4.78, 5) is 28.7. The molecule has 0 spiro atoms. The lowest BCUT2D eigenvalue weighted by Gasteiger charge is -2.42. The van der Waals surface area contributed by atoms with Crippen LogP contribution in [0.1, 0.15) is 64.9 Å². The zero-order valence-electron chi connectivity index (χ0n) is 29.6. The molecule has 4 saturated heterocycles. The molecule has 4 aromatic rings. The lowest BCUT2D eigenvalue weighted by molar-refractivity contribution is 0.0122. The minimum atomic E-state index is -0.944. The highest BCUT2D eigenvalue weighted by molar-refractivity contribution is 6.03. The fourth-order valence-electron chi connectivity index (χ4n) is 9.11. The van der Waals surface area contributed by atoms with E-state index in [2.05, 4.69) is 15.8 Å². The van der Waals surface area contributed by atoms with Crippen LogP contribution in [0.5, 0.6) is 6.01 Å². The number of aliphatic hydroxyl groups excluding tert-OH is 1. The molecule has 272 valence electrons. The van der Waals surface area contributed by atoms with Gasteiger partial charge in [0.1, 0.15) is 35.2 Å². The van der Waals surface area contributed by atoms with E-state index in [4.69, 9.17) is 20.9 Å². The van der Waals surface area contributed by atoms with Crippen LogP contribution in [0, 0.1) is 29.8 Å². The maximum Gasteiger partial charge on any atom is 0.410 e. The number of piperazine rings is 1. The summed E-state index contributed by atoms with van der Waals surface area (Å²) >= 11 is 0. The van der Waals surface area contributed by atoms with Crippen LogP contribution < -0.4 is 9.64 Å². The van der Waals surface area contributed by atoms with Gasteiger partial charge in [0.2, 0.25) is 0 Å². The van der Waals surface area contributed by atoms with Gasteiger partial charge < -0.3 is 19.5 Å². The molecule has 0 saturated carbocycles. The predicted molar refractivity (Wildman–Crippen MR) is 192 cm³/mol. The maximum atomic E-state index is 17.1. The summed E-state index contributed by atoms with van der Waals surface area (Å²) in [5.41, 5.74) is -1.46. The number of nitrogens with zero attached hydrogens (tertiary/aromatic N) is 5. The van der Waals surface area contributed by atoms with Crippen molar-refractivity contribution in [3.63, 3.8) is 0 Å². The first-order chi connectivity index (χ1) is 24.9. The summed E-state index contributed by atoms with van der Waals surface area (Å²) in [6.45, 7) is 7.40. The third-order valence-electron chi connectivity index (χ3n) is 11.4. The topological polar surface area (TPSA) is 91.3 Å². The van der Waals surface area contributed by atoms with Crippen molar-refractivity contribution < 1.29 is 32.5 Å². The standard InChI is InChI=1S/C40H42F3N5O4/c1-5-27-30(41)13-10-23-8-6-9-28(32(23)27)33-31(42)18-29-35(34(33)43)44-37(51-22-40-15-7-17-47(40)26(21-49)14-16-40)45-36(29)46-19-24-11-12-25(20-46)48(24)38(50)52-39(2,3)4/h1,6,8-10,13,18,24-26,49H,7,11-12,14-17,19-22H2,2-4H3/t24-,25?,26-,40-/m0/s1. The monoisotopic (exact) mass is 713 g/mol. The average molecular weight is 714 g/mol. The molecule has 1 N–H and O–H groups in total. The van der Waals surface area contributed by atoms with Crippen LogP contribution >= 0.6 is 0 Å². The largest absolute Gasteiger partial charge is 0.461 e. The molecular weight excluding hydrogens is 671 g/mol. The predicted octanol–water partition coefficient (Wildman–Crippen LogP) is 6.80. The number of amides is 1. The number of carbonyl (C=O) groups is 1. The van der Waals surface area contributed by atoms with Crippen molar-refractivity contribution in [2.45, 2.75) is 88.6 Å². The molecule has 12 heteroatoms. The SMILES string of the molecule is C#Cc1c(F)ccc2cccc(-c3c(F)cc4c(N5CC6CC[C@@H](C5)N6C(=O)OC(C)(C)C)nc(OC[C@@]56CCCN5[C@H](CO)CC6)nc4c3F)c12. The second-order valence-corrected chi connectivity index (χ2v) is 15.6. The third kappa shape index (κ3) is 5.69. The van der Waals surface area contributed by atoms with Crippen LogP contribution in [0.15, 0.2) is 36.4 Å². The van der Waals surface area contributed by atoms with E-state index in [1.165, 1.54) is 24.3 Å². The highest BCUT2D eigenvalue weighted by atomic mass is 19.1. The number of aromatic nitrogens is 2. The van der Waals surface area contributed by atoms with Crippen molar-refractivity contribution in [1.82, 2.24) is 19.8 Å². The Morgan fingerprint density at radius 3 is 2.54 bits per heavy atom. The molecule has 0 radical (unpaired) electrons. The Morgan fingerprint density at radius 1 is 1.06 bits per heavy atom. The minimum absolute atomic E-state index is 0.0529. The molecule has 0 aliphatic carbocycles. The average Bonchev–Trinajstić information content (AvgIpc) is 3.76. The lowest BCUT2D eigenvalue weighted by atomic mass is 9.93. The second-order valence-electron chi connectivity index (χ2n) is 15.6. The summed E-state index contributed by atoms with van der Waals surface area (Å²) in [5.74, 6) is 0.182. The van der Waals surface area contributed by atoms with Crippen LogP contribution in [-0.2, 0) is 4.74 Å². The van der Waals surface area contributed by atoms with E-state index in [0.717, 1.165) is 45.1 Å². The lowest BCUT2D eigenvalue weighted by Crippen LogP contribution is -2.57. The highest BCUT2D eigenvalue weighted by Crippen LogP contribution is 2.44. The zero-order valence-corrected chi connectivity index (χ0v) is 29.6. The van der Waals surface area contributed by atoms with Crippen LogP contribution in [0.2, 0.25) is 0 Å². The number of carbonyl (C=O) groups excluding carboxylic acids is 1. The van der Waals surface area contributed by atoms with Gasteiger partial charge >= 0.3 is 12.1 Å². The van der Waals surface area contributed by atoms with Crippen molar-refractivity contribution in [3.05, 3.63) is 59.4 Å². The Kier molecular flexibility index (Phi) is 8.50. The van der Waals surface area contributed by atoms with Crippen molar-refractivity contribution in [3.8, 4) is 29.5 Å². The van der Waals surface area contributed by atoms with Gasteiger partial charge in [0.15, 0.2) is 5.82 Å². The molecule has 1 unspecified atom stereocenters. The van der Waals surface area contributed by atoms with Crippen molar-refractivity contribution >= 4 is 33.6 Å². The van der Waals surface area contributed by atoms with E-state index in [0.29, 0.717) is 24.3 Å². The van der Waals surface area contributed by atoms with Gasteiger partial charge in [0.25, 0.3) is 0 Å². The molecule has 4 aliphatic heterocycles. The van der Waals surface area contributed by atoms with Crippen molar-refractivity contribution in [1.29, 1.82) is 0 Å². The number of halogens is 3. The number of hydrogen-bond acceptors (Lipinski definition) is 8. The van der Waals surface area contributed by atoms with Crippen LogP contribution in [0.3, 0.4) is 0 Å². The first-order valence-electron chi connectivity index (χ1n) is 18.1. The van der Waals surface area contributed by atoms with Gasteiger partial charge in [-0.25, -0.2) is 18.0 Å². The normalized spacial score (nSPS) is 24.5. The van der Waals surface area contributed by atoms with E-state index in [1.807, 2.05) is 25.7 Å². The number of rotatable bonds is 6. The van der Waals surface area contributed by atoms with Gasteiger partial charge in [0, 0.05) is 29.9 Å². The fourth-order valence-corrected chi connectivity index (χ4v) is 9.11. The summed E-state index contributed by atoms with van der Waals surface area (Å²) < 4.78 is 60.6. The van der Waals surface area contributed by atoms with Crippen LogP contribution in [0.25, 0.3) is 32.8 Å². The molecule has 1 aromatic heterocycles. The van der Waals surface area contributed by atoms with Crippen molar-refractivity contribution in [2.24, 2.45) is 0 Å². The summed E-state index contributed by atoms with van der Waals surface area (Å²) in [7, 11) is 0. The summed E-state index contributed by atoms with van der Waals surface area (Å²) in [5, 5.41) is 10.9. The first kappa shape index (κ1) is 34.5. The van der Waals surface area contributed by atoms with Gasteiger partial charge in [-0.05, 0) is 88.9 Å². The number of hydrogen-bond donors (Lipinski definition) is 1. The van der Waals surface area contributed by atoms with Crippen LogP contribution in [-0.4, -0.2) is 93.1 Å². The number of anilines is 1. The van der Waals surface area contributed by atoms with Crippen molar-refractivity contribution in [2.75, 3.05) is 37.7 Å². The van der Waals surface area contributed by atoms with E-state index in [-0.39, 0.29) is 82.0 Å². The van der Waals surface area contributed by atoms with Gasteiger partial charge in [-0.15, -0.1) is 6.42 Å². The molecule has 1 amide bonds. The third-order valence-corrected chi connectivity index (χ3v) is 11.4. The smallest absolute Gasteiger partial charge is 0.410 e. The molecular formula is C40H42F3N5O4. The van der Waals surface area contributed by atoms with Gasteiger partial charge in [0.05, 0.1) is 35.4 Å². The molecule has 4 atom stereocenters. The molecule has 5 heterocycles. The number of terminal acetylenes is 1. The maximum absolute atomic E-state index is 17.1. The van der Waals surface area contributed by atoms with E-state index in [1.54, 1.807) is 17.0 Å². The quantitative estimate of drug-likeness (QED) is 0.218. The molecule has 52 heavy (non-hydrogen) atoms. The van der Waals surface area contributed by atoms with Crippen LogP contribution in [0.4, 0.5) is 23.8 Å². The Morgan fingerprint density at radius 2 is 1.83 bits per heavy atom.